The third-order valence-corrected chi connectivity index (χ3v) is 3.71. The van der Waals surface area contributed by atoms with E-state index in [-0.39, 0.29) is 0 Å². The quantitative estimate of drug-likeness (QED) is 0.924. The Hall–Kier alpha value is -1.75. The lowest BCUT2D eigenvalue weighted by atomic mass is 10.1. The molecular weight excluding hydrogens is 250 g/mol. The second kappa shape index (κ2) is 6.13. The zero-order valence-electron chi connectivity index (χ0n) is 11.9. The third kappa shape index (κ3) is 3.22. The molecule has 0 saturated carbocycles. The van der Waals surface area contributed by atoms with Crippen LogP contribution >= 0.6 is 0 Å². The molecule has 1 atom stereocenters. The molecule has 0 aromatic carbocycles. The largest absolute Gasteiger partial charge is 0.366 e. The molecule has 3 rings (SSSR count). The Balaban J connectivity index is 1.62. The van der Waals surface area contributed by atoms with Crippen LogP contribution in [0.1, 0.15) is 26.2 Å². The predicted molar refractivity (Wildman–Crippen MR) is 80.7 cm³/mol. The summed E-state index contributed by atoms with van der Waals surface area (Å²) in [5.41, 5.74) is 1.53. The lowest BCUT2D eigenvalue weighted by Crippen LogP contribution is -2.38. The van der Waals surface area contributed by atoms with E-state index in [4.69, 9.17) is 0 Å². The van der Waals surface area contributed by atoms with Gasteiger partial charge in [0.2, 0.25) is 0 Å². The predicted octanol–water partition coefficient (Wildman–Crippen LogP) is 2.31. The zero-order valence-corrected chi connectivity index (χ0v) is 11.9. The van der Waals surface area contributed by atoms with Gasteiger partial charge in [-0.1, -0.05) is 6.42 Å². The fourth-order valence-electron chi connectivity index (χ4n) is 2.76. The molecule has 1 saturated heterocycles. The van der Waals surface area contributed by atoms with Gasteiger partial charge in [0.25, 0.3) is 0 Å². The van der Waals surface area contributed by atoms with Crippen LogP contribution in [-0.2, 0) is 0 Å². The molecule has 106 valence electrons. The van der Waals surface area contributed by atoms with Crippen LogP contribution in [0.15, 0.2) is 24.5 Å². The van der Waals surface area contributed by atoms with Gasteiger partial charge < -0.3 is 10.2 Å². The molecule has 0 spiro atoms. The standard InChI is InChI=1S/C15H21N5/c1-12(11-20-9-3-2-4-10-20)18-14-6-5-13-15(19-14)17-8-7-16-13/h5-8,12H,2-4,9-11H2,1H3,(H,17,18,19). The second-order valence-corrected chi connectivity index (χ2v) is 5.50. The van der Waals surface area contributed by atoms with Gasteiger partial charge in [0, 0.05) is 25.0 Å². The minimum atomic E-state index is 0.384. The minimum Gasteiger partial charge on any atom is -0.366 e. The molecule has 1 aliphatic heterocycles. The van der Waals surface area contributed by atoms with Gasteiger partial charge in [-0.25, -0.2) is 9.97 Å². The van der Waals surface area contributed by atoms with Crippen LogP contribution < -0.4 is 5.32 Å². The summed E-state index contributed by atoms with van der Waals surface area (Å²) < 4.78 is 0. The molecule has 0 radical (unpaired) electrons. The first-order valence-corrected chi connectivity index (χ1v) is 7.38. The highest BCUT2D eigenvalue weighted by molar-refractivity contribution is 5.71. The van der Waals surface area contributed by atoms with E-state index in [2.05, 4.69) is 32.1 Å². The first-order chi connectivity index (χ1) is 9.81. The van der Waals surface area contributed by atoms with Gasteiger partial charge in [0.05, 0.1) is 0 Å². The number of aromatic nitrogens is 3. The molecule has 1 N–H and O–H groups in total. The fraction of sp³-hybridized carbons (Fsp3) is 0.533. The Bertz CT molecular complexity index is 565. The summed E-state index contributed by atoms with van der Waals surface area (Å²) in [5, 5.41) is 3.46. The highest BCUT2D eigenvalue weighted by atomic mass is 15.2. The van der Waals surface area contributed by atoms with Crippen LogP contribution in [0.2, 0.25) is 0 Å². The van der Waals surface area contributed by atoms with Gasteiger partial charge in [0.1, 0.15) is 11.3 Å². The summed E-state index contributed by atoms with van der Waals surface area (Å²) in [6.07, 6.45) is 7.41. The van der Waals surface area contributed by atoms with E-state index >= 15 is 0 Å². The van der Waals surface area contributed by atoms with E-state index in [9.17, 15) is 0 Å². The molecule has 0 aliphatic carbocycles. The van der Waals surface area contributed by atoms with Crippen LogP contribution in [0.4, 0.5) is 5.82 Å². The van der Waals surface area contributed by atoms with E-state index < -0.39 is 0 Å². The van der Waals surface area contributed by atoms with Crippen molar-refractivity contribution in [2.45, 2.75) is 32.2 Å². The van der Waals surface area contributed by atoms with Crippen molar-refractivity contribution in [2.24, 2.45) is 0 Å². The molecule has 5 heteroatoms. The van der Waals surface area contributed by atoms with Crippen LogP contribution in [0.5, 0.6) is 0 Å². The number of nitrogens with one attached hydrogen (secondary N) is 1. The van der Waals surface area contributed by atoms with Gasteiger partial charge in [-0.2, -0.15) is 0 Å². The van der Waals surface area contributed by atoms with Crippen molar-refractivity contribution in [1.82, 2.24) is 19.9 Å². The van der Waals surface area contributed by atoms with Crippen LogP contribution in [0.3, 0.4) is 0 Å². The number of rotatable bonds is 4. The van der Waals surface area contributed by atoms with E-state index in [0.29, 0.717) is 11.7 Å². The zero-order chi connectivity index (χ0) is 13.8. The number of anilines is 1. The van der Waals surface area contributed by atoms with Crippen LogP contribution in [0, 0.1) is 0 Å². The van der Waals surface area contributed by atoms with Crippen molar-refractivity contribution in [3.05, 3.63) is 24.5 Å². The Morgan fingerprint density at radius 1 is 1.15 bits per heavy atom. The highest BCUT2D eigenvalue weighted by Crippen LogP contribution is 2.13. The molecule has 3 heterocycles. The van der Waals surface area contributed by atoms with Crippen LogP contribution in [0.25, 0.3) is 11.2 Å². The number of fused-ring (bicyclic) bond motifs is 1. The summed E-state index contributed by atoms with van der Waals surface area (Å²) in [5.74, 6) is 0.877. The maximum absolute atomic E-state index is 4.51. The average molecular weight is 271 g/mol. The summed E-state index contributed by atoms with van der Waals surface area (Å²) in [4.78, 5) is 15.5. The minimum absolute atomic E-state index is 0.384. The summed E-state index contributed by atoms with van der Waals surface area (Å²) in [6, 6.07) is 4.32. The van der Waals surface area contributed by atoms with E-state index in [0.717, 1.165) is 17.9 Å². The van der Waals surface area contributed by atoms with Crippen molar-refractivity contribution in [3.63, 3.8) is 0 Å². The van der Waals surface area contributed by atoms with Gasteiger partial charge in [-0.05, 0) is 45.0 Å². The van der Waals surface area contributed by atoms with Crippen molar-refractivity contribution in [1.29, 1.82) is 0 Å². The maximum atomic E-state index is 4.51. The van der Waals surface area contributed by atoms with Gasteiger partial charge in [-0.3, -0.25) is 4.98 Å². The molecule has 2 aromatic rings. The smallest absolute Gasteiger partial charge is 0.180 e. The van der Waals surface area contributed by atoms with E-state index in [1.807, 2.05) is 12.1 Å². The molecule has 0 bridgehead atoms. The molecular formula is C15H21N5. The van der Waals surface area contributed by atoms with Crippen molar-refractivity contribution < 1.29 is 0 Å². The maximum Gasteiger partial charge on any atom is 0.180 e. The lowest BCUT2D eigenvalue weighted by Gasteiger charge is -2.29. The normalized spacial score (nSPS) is 18.1. The molecule has 0 amide bonds. The van der Waals surface area contributed by atoms with Gasteiger partial charge in [0.15, 0.2) is 5.65 Å². The first-order valence-electron chi connectivity index (χ1n) is 7.38. The summed E-state index contributed by atoms with van der Waals surface area (Å²) >= 11 is 0. The molecule has 1 aliphatic rings. The fourth-order valence-corrected chi connectivity index (χ4v) is 2.76. The Morgan fingerprint density at radius 2 is 1.95 bits per heavy atom. The molecule has 2 aromatic heterocycles. The number of piperidine rings is 1. The summed E-state index contributed by atoms with van der Waals surface area (Å²) in [7, 11) is 0. The van der Waals surface area contributed by atoms with E-state index in [1.54, 1.807) is 12.4 Å². The SMILES string of the molecule is CC(CN1CCCCC1)Nc1ccc2nccnc2n1. The molecule has 1 fully saturated rings. The van der Waals surface area contributed by atoms with E-state index in [1.165, 1.54) is 32.4 Å². The first kappa shape index (κ1) is 13.2. The van der Waals surface area contributed by atoms with Crippen molar-refractivity contribution in [3.8, 4) is 0 Å². The second-order valence-electron chi connectivity index (χ2n) is 5.50. The Labute approximate surface area is 119 Å². The monoisotopic (exact) mass is 271 g/mol. The molecule has 20 heavy (non-hydrogen) atoms. The number of hydrogen-bond donors (Lipinski definition) is 1. The van der Waals surface area contributed by atoms with Gasteiger partial charge >= 0.3 is 0 Å². The van der Waals surface area contributed by atoms with Gasteiger partial charge in [-0.15, -0.1) is 0 Å². The number of nitrogens with zero attached hydrogens (tertiary/aromatic N) is 4. The van der Waals surface area contributed by atoms with Crippen LogP contribution in [-0.4, -0.2) is 45.5 Å². The molecule has 5 nitrogen and oxygen atoms in total. The Kier molecular flexibility index (Phi) is 4.06. The lowest BCUT2D eigenvalue weighted by molar-refractivity contribution is 0.223. The van der Waals surface area contributed by atoms with Crippen molar-refractivity contribution in [2.75, 3.05) is 25.0 Å². The van der Waals surface area contributed by atoms with Crippen molar-refractivity contribution >= 4 is 17.0 Å². The third-order valence-electron chi connectivity index (χ3n) is 3.71. The number of hydrogen-bond acceptors (Lipinski definition) is 5. The number of pyridine rings is 1. The summed E-state index contributed by atoms with van der Waals surface area (Å²) in [6.45, 7) is 5.72. The topological polar surface area (TPSA) is 53.9 Å². The average Bonchev–Trinajstić information content (AvgIpc) is 2.48. The Morgan fingerprint density at radius 3 is 2.80 bits per heavy atom. The molecule has 1 unspecified atom stereocenters. The number of likely N-dealkylation sites (tertiary alicyclic amines) is 1. The highest BCUT2D eigenvalue weighted by Gasteiger charge is 2.13.